The number of nitriles is 1. The summed E-state index contributed by atoms with van der Waals surface area (Å²) in [6, 6.07) is 14.8. The molecule has 1 aromatic heterocycles. The Morgan fingerprint density at radius 2 is 2.03 bits per heavy atom. The quantitative estimate of drug-likeness (QED) is 0.674. The van der Waals surface area contributed by atoms with Crippen LogP contribution in [0.25, 0.3) is 10.9 Å². The molecule has 0 spiro atoms. The highest BCUT2D eigenvalue weighted by Gasteiger charge is 2.35. The van der Waals surface area contributed by atoms with Crippen LogP contribution in [0.4, 0.5) is 0 Å². The zero-order valence-corrected chi connectivity index (χ0v) is 16.7. The number of hydrogen-bond donors (Lipinski definition) is 2. The van der Waals surface area contributed by atoms with Gasteiger partial charge in [-0.05, 0) is 36.2 Å². The largest absolute Gasteiger partial charge is 0.493 e. The molecule has 7 heteroatoms. The molecule has 7 nitrogen and oxygen atoms in total. The van der Waals surface area contributed by atoms with Crippen LogP contribution in [0.15, 0.2) is 58.7 Å². The number of methoxy groups -OCH3 is 1. The molecule has 3 N–H and O–H groups in total. The first-order valence-electron chi connectivity index (χ1n) is 9.62. The van der Waals surface area contributed by atoms with Crippen LogP contribution >= 0.6 is 0 Å². The van der Waals surface area contributed by atoms with E-state index < -0.39 is 5.92 Å². The number of hydrogen-bond acceptors (Lipinski definition) is 6. The van der Waals surface area contributed by atoms with E-state index in [0.717, 1.165) is 6.42 Å². The SMILES string of the molecule is CCCOc1ccc([C@H]2C(C#N)=C(N)Oc3c2c(=O)[nH]c2ccccc32)cc1OC. The molecule has 3 aromatic rings. The van der Waals surface area contributed by atoms with E-state index in [1.165, 1.54) is 0 Å². The van der Waals surface area contributed by atoms with E-state index in [4.69, 9.17) is 19.9 Å². The van der Waals surface area contributed by atoms with Gasteiger partial charge in [-0.15, -0.1) is 0 Å². The van der Waals surface area contributed by atoms with Crippen molar-refractivity contribution in [2.45, 2.75) is 19.3 Å². The van der Waals surface area contributed by atoms with Crippen molar-refractivity contribution in [3.8, 4) is 23.3 Å². The number of nitrogens with one attached hydrogen (secondary N) is 1. The van der Waals surface area contributed by atoms with Gasteiger partial charge in [0.2, 0.25) is 5.88 Å². The first-order chi connectivity index (χ1) is 14.6. The van der Waals surface area contributed by atoms with E-state index in [2.05, 4.69) is 11.1 Å². The molecule has 2 aromatic carbocycles. The van der Waals surface area contributed by atoms with Crippen LogP contribution in [-0.2, 0) is 0 Å². The lowest BCUT2D eigenvalue weighted by atomic mass is 9.83. The summed E-state index contributed by atoms with van der Waals surface area (Å²) in [5, 5.41) is 10.5. The van der Waals surface area contributed by atoms with Gasteiger partial charge in [0, 0.05) is 5.39 Å². The Kier molecular flexibility index (Phi) is 5.07. The van der Waals surface area contributed by atoms with Crippen molar-refractivity contribution in [2.24, 2.45) is 5.73 Å². The lowest BCUT2D eigenvalue weighted by Gasteiger charge is -2.27. The number of aromatic nitrogens is 1. The predicted octanol–water partition coefficient (Wildman–Crippen LogP) is 3.54. The monoisotopic (exact) mass is 403 g/mol. The number of nitrogens with two attached hydrogens (primary N) is 1. The highest BCUT2D eigenvalue weighted by molar-refractivity contribution is 5.87. The second kappa shape index (κ2) is 7.84. The minimum atomic E-state index is -0.693. The zero-order valence-electron chi connectivity index (χ0n) is 16.7. The van der Waals surface area contributed by atoms with Gasteiger partial charge in [0.25, 0.3) is 5.56 Å². The number of nitrogens with zero attached hydrogens (tertiary/aromatic N) is 1. The van der Waals surface area contributed by atoms with Gasteiger partial charge in [0.05, 0.1) is 30.7 Å². The maximum Gasteiger partial charge on any atom is 0.256 e. The molecule has 30 heavy (non-hydrogen) atoms. The third kappa shape index (κ3) is 3.12. The number of allylic oxidation sites excluding steroid dienone is 1. The molecule has 2 heterocycles. The van der Waals surface area contributed by atoms with E-state index >= 15 is 0 Å². The summed E-state index contributed by atoms with van der Waals surface area (Å²) in [6.45, 7) is 2.57. The first kappa shape index (κ1) is 19.4. The van der Waals surface area contributed by atoms with Crippen molar-refractivity contribution in [3.63, 3.8) is 0 Å². The van der Waals surface area contributed by atoms with Crippen molar-refractivity contribution in [1.82, 2.24) is 4.98 Å². The van der Waals surface area contributed by atoms with Crippen LogP contribution in [0.3, 0.4) is 0 Å². The predicted molar refractivity (Wildman–Crippen MR) is 113 cm³/mol. The van der Waals surface area contributed by atoms with Crippen LogP contribution in [0, 0.1) is 11.3 Å². The molecule has 0 radical (unpaired) electrons. The standard InChI is InChI=1S/C23H21N3O4/c1-3-10-29-17-9-8-13(11-18(17)28-2)19-15(12-24)22(25)30-21-14-6-4-5-7-16(14)26-23(27)20(19)21/h4-9,11,19H,3,10,25H2,1-2H3,(H,26,27)/t19-/m0/s1. The first-order valence-corrected chi connectivity index (χ1v) is 9.62. The lowest BCUT2D eigenvalue weighted by Crippen LogP contribution is -2.27. The maximum absolute atomic E-state index is 13.0. The Morgan fingerprint density at radius 3 is 2.77 bits per heavy atom. The summed E-state index contributed by atoms with van der Waals surface area (Å²) >= 11 is 0. The van der Waals surface area contributed by atoms with Gasteiger partial charge in [-0.1, -0.05) is 25.1 Å². The van der Waals surface area contributed by atoms with Crippen molar-refractivity contribution in [3.05, 3.63) is 75.4 Å². The van der Waals surface area contributed by atoms with Crippen LogP contribution in [0.5, 0.6) is 17.2 Å². The Labute approximate surface area is 173 Å². The number of aromatic amines is 1. The van der Waals surface area contributed by atoms with Gasteiger partial charge in [-0.25, -0.2) is 0 Å². The Bertz CT molecular complexity index is 1250. The molecule has 0 bridgehead atoms. The van der Waals surface area contributed by atoms with Crippen LogP contribution < -0.4 is 25.5 Å². The van der Waals surface area contributed by atoms with Gasteiger partial charge in [-0.2, -0.15) is 5.26 Å². The Balaban J connectivity index is 1.95. The van der Waals surface area contributed by atoms with E-state index in [1.54, 1.807) is 25.3 Å². The minimum Gasteiger partial charge on any atom is -0.493 e. The fourth-order valence-electron chi connectivity index (χ4n) is 3.70. The number of fused-ring (bicyclic) bond motifs is 3. The molecule has 0 saturated carbocycles. The second-order valence-corrected chi connectivity index (χ2v) is 6.93. The van der Waals surface area contributed by atoms with E-state index in [1.807, 2.05) is 31.2 Å². The molecule has 0 saturated heterocycles. The smallest absolute Gasteiger partial charge is 0.256 e. The minimum absolute atomic E-state index is 0.0176. The molecule has 1 atom stereocenters. The third-order valence-corrected chi connectivity index (χ3v) is 5.07. The summed E-state index contributed by atoms with van der Waals surface area (Å²) in [5.74, 6) is 0.763. The lowest BCUT2D eigenvalue weighted by molar-refractivity contribution is 0.294. The number of pyridine rings is 1. The highest BCUT2D eigenvalue weighted by Crippen LogP contribution is 2.44. The molecule has 152 valence electrons. The van der Waals surface area contributed by atoms with Crippen LogP contribution in [-0.4, -0.2) is 18.7 Å². The number of para-hydroxylation sites is 1. The summed E-state index contributed by atoms with van der Waals surface area (Å²) in [5.41, 5.74) is 7.60. The summed E-state index contributed by atoms with van der Waals surface area (Å²) in [6.07, 6.45) is 0.860. The average Bonchev–Trinajstić information content (AvgIpc) is 2.76. The molecule has 1 aliphatic rings. The second-order valence-electron chi connectivity index (χ2n) is 6.93. The average molecular weight is 403 g/mol. The molecule has 1 aliphatic heterocycles. The van der Waals surface area contributed by atoms with E-state index in [0.29, 0.717) is 45.9 Å². The van der Waals surface area contributed by atoms with Crippen LogP contribution in [0.2, 0.25) is 0 Å². The zero-order chi connectivity index (χ0) is 21.3. The van der Waals surface area contributed by atoms with Gasteiger partial charge >= 0.3 is 0 Å². The van der Waals surface area contributed by atoms with E-state index in [9.17, 15) is 10.1 Å². The van der Waals surface area contributed by atoms with Crippen molar-refractivity contribution in [1.29, 1.82) is 5.26 Å². The Hall–Kier alpha value is -3.92. The number of ether oxygens (including phenoxy) is 3. The fraction of sp³-hybridized carbons (Fsp3) is 0.217. The van der Waals surface area contributed by atoms with E-state index in [-0.39, 0.29) is 17.0 Å². The van der Waals surface area contributed by atoms with Gasteiger partial charge in [0.1, 0.15) is 17.4 Å². The molecule has 4 rings (SSSR count). The van der Waals surface area contributed by atoms with Gasteiger partial charge < -0.3 is 24.9 Å². The number of H-pyrrole nitrogens is 1. The van der Waals surface area contributed by atoms with Crippen molar-refractivity contribution >= 4 is 10.9 Å². The highest BCUT2D eigenvalue weighted by atomic mass is 16.5. The van der Waals surface area contributed by atoms with Crippen molar-refractivity contribution < 1.29 is 14.2 Å². The molecular weight excluding hydrogens is 382 g/mol. The number of benzene rings is 2. The molecular formula is C23H21N3O4. The van der Waals surface area contributed by atoms with Crippen LogP contribution in [0.1, 0.15) is 30.4 Å². The summed E-state index contributed by atoms with van der Waals surface area (Å²) in [7, 11) is 1.55. The summed E-state index contributed by atoms with van der Waals surface area (Å²) < 4.78 is 17.0. The molecule has 0 amide bonds. The third-order valence-electron chi connectivity index (χ3n) is 5.07. The molecule has 0 aliphatic carbocycles. The molecule has 0 fully saturated rings. The van der Waals surface area contributed by atoms with Gasteiger partial charge in [0.15, 0.2) is 11.5 Å². The number of rotatable bonds is 5. The normalized spacial score (nSPS) is 15.3. The topological polar surface area (TPSA) is 110 Å². The Morgan fingerprint density at radius 1 is 1.23 bits per heavy atom. The van der Waals surface area contributed by atoms with Gasteiger partial charge in [-0.3, -0.25) is 4.79 Å². The van der Waals surface area contributed by atoms with Crippen molar-refractivity contribution in [2.75, 3.05) is 13.7 Å². The summed E-state index contributed by atoms with van der Waals surface area (Å²) in [4.78, 5) is 15.9. The molecule has 0 unspecified atom stereocenters. The fourth-order valence-corrected chi connectivity index (χ4v) is 3.70. The maximum atomic E-state index is 13.0.